The molecular formula is C13H19N3OS2. The minimum atomic E-state index is -0.173. The maximum atomic E-state index is 11.3. The molecule has 0 bridgehead atoms. The molecule has 0 aromatic heterocycles. The third-order valence-corrected chi connectivity index (χ3v) is 4.98. The van der Waals surface area contributed by atoms with Gasteiger partial charge in [0.25, 0.3) is 0 Å². The lowest BCUT2D eigenvalue weighted by Gasteiger charge is -2.30. The molecule has 0 saturated carbocycles. The second kappa shape index (κ2) is 6.96. The lowest BCUT2D eigenvalue weighted by atomic mass is 10.2. The van der Waals surface area contributed by atoms with E-state index in [0.29, 0.717) is 0 Å². The summed E-state index contributed by atoms with van der Waals surface area (Å²) < 4.78 is 2.80. The number of nitrogens with zero attached hydrogens (tertiary/aromatic N) is 1. The molecule has 6 heteroatoms. The molecule has 0 radical (unpaired) electrons. The van der Waals surface area contributed by atoms with Crippen LogP contribution in [0.2, 0.25) is 0 Å². The summed E-state index contributed by atoms with van der Waals surface area (Å²) >= 11 is 3.39. The van der Waals surface area contributed by atoms with Crippen LogP contribution in [0.4, 0.5) is 10.5 Å². The predicted molar refractivity (Wildman–Crippen MR) is 84.2 cm³/mol. The van der Waals surface area contributed by atoms with Gasteiger partial charge in [0.2, 0.25) is 0 Å². The quantitative estimate of drug-likeness (QED) is 0.841. The Bertz CT molecular complexity index is 448. The summed E-state index contributed by atoms with van der Waals surface area (Å²) in [5.74, 6) is 2.34. The van der Waals surface area contributed by atoms with Crippen LogP contribution in [-0.2, 0) is 0 Å². The molecule has 1 aromatic rings. The summed E-state index contributed by atoms with van der Waals surface area (Å²) in [7, 11) is 1.62. The van der Waals surface area contributed by atoms with Crippen molar-refractivity contribution in [3.05, 3.63) is 23.8 Å². The number of rotatable bonds is 3. The van der Waals surface area contributed by atoms with E-state index in [4.69, 9.17) is 0 Å². The summed E-state index contributed by atoms with van der Waals surface area (Å²) in [6.07, 6.45) is 0. The molecule has 19 heavy (non-hydrogen) atoms. The molecule has 0 atom stereocenters. The lowest BCUT2D eigenvalue weighted by molar-refractivity contribution is 0.248. The number of amides is 2. The molecule has 2 N–H and O–H groups in total. The van der Waals surface area contributed by atoms with E-state index in [-0.39, 0.29) is 6.03 Å². The third kappa shape index (κ3) is 3.73. The fourth-order valence-corrected chi connectivity index (χ4v) is 3.70. The van der Waals surface area contributed by atoms with Gasteiger partial charge in [0.15, 0.2) is 0 Å². The van der Waals surface area contributed by atoms with Crippen LogP contribution in [0.15, 0.2) is 23.1 Å². The number of hydrogen-bond donors (Lipinski definition) is 2. The number of anilines is 1. The fourth-order valence-electron chi connectivity index (χ4n) is 1.97. The first-order valence-corrected chi connectivity index (χ1v) is 8.26. The van der Waals surface area contributed by atoms with Gasteiger partial charge in [0.05, 0.1) is 10.6 Å². The Morgan fingerprint density at radius 3 is 2.79 bits per heavy atom. The summed E-state index contributed by atoms with van der Waals surface area (Å²) in [6, 6.07) is 6.12. The standard InChI is InChI=1S/C13H19N3OS2/c1-10-4-3-5-11(16-6-8-18-9-7-16)12(10)19-15-13(17)14-2/h3-5H,6-9H2,1-2H3,(H2,14,15,17). The summed E-state index contributed by atoms with van der Waals surface area (Å²) in [5, 5.41) is 2.57. The smallest absolute Gasteiger partial charge is 0.324 e. The van der Waals surface area contributed by atoms with Crippen molar-refractivity contribution in [2.45, 2.75) is 11.8 Å². The van der Waals surface area contributed by atoms with E-state index in [0.717, 1.165) is 18.0 Å². The summed E-state index contributed by atoms with van der Waals surface area (Å²) in [5.41, 5.74) is 2.42. The Morgan fingerprint density at radius 2 is 2.11 bits per heavy atom. The molecule has 1 aromatic carbocycles. The first-order chi connectivity index (χ1) is 9.22. The Balaban J connectivity index is 2.17. The normalized spacial score (nSPS) is 15.2. The minimum Gasteiger partial charge on any atom is -0.369 e. The molecule has 0 aliphatic carbocycles. The van der Waals surface area contributed by atoms with Gasteiger partial charge >= 0.3 is 6.03 Å². The van der Waals surface area contributed by atoms with Crippen molar-refractivity contribution < 1.29 is 4.79 Å². The highest BCUT2D eigenvalue weighted by atomic mass is 32.2. The van der Waals surface area contributed by atoms with Crippen LogP contribution in [0.5, 0.6) is 0 Å². The maximum Gasteiger partial charge on any atom is 0.324 e. The molecule has 1 aliphatic rings. The lowest BCUT2D eigenvalue weighted by Crippen LogP contribution is -2.33. The van der Waals surface area contributed by atoms with E-state index in [1.54, 1.807) is 7.05 Å². The largest absolute Gasteiger partial charge is 0.369 e. The maximum absolute atomic E-state index is 11.3. The number of urea groups is 1. The summed E-state index contributed by atoms with van der Waals surface area (Å²) in [4.78, 5) is 14.9. The van der Waals surface area contributed by atoms with E-state index in [2.05, 4.69) is 40.1 Å². The van der Waals surface area contributed by atoms with Crippen LogP contribution in [-0.4, -0.2) is 37.7 Å². The van der Waals surface area contributed by atoms with Crippen LogP contribution in [0.25, 0.3) is 0 Å². The average molecular weight is 297 g/mol. The molecule has 1 heterocycles. The molecule has 1 saturated heterocycles. The second-order valence-corrected chi connectivity index (χ2v) is 6.35. The van der Waals surface area contributed by atoms with E-state index >= 15 is 0 Å². The van der Waals surface area contributed by atoms with Crippen molar-refractivity contribution in [2.75, 3.05) is 36.5 Å². The van der Waals surface area contributed by atoms with Crippen molar-refractivity contribution in [3.8, 4) is 0 Å². The van der Waals surface area contributed by atoms with Crippen molar-refractivity contribution in [1.82, 2.24) is 10.0 Å². The van der Waals surface area contributed by atoms with Gasteiger partial charge in [-0.1, -0.05) is 12.1 Å². The molecule has 2 amide bonds. The van der Waals surface area contributed by atoms with Gasteiger partial charge in [-0.05, 0) is 30.5 Å². The van der Waals surface area contributed by atoms with Gasteiger partial charge < -0.3 is 10.2 Å². The second-order valence-electron chi connectivity index (χ2n) is 4.31. The first kappa shape index (κ1) is 14.4. The molecule has 104 valence electrons. The van der Waals surface area contributed by atoms with E-state index in [1.165, 1.54) is 34.7 Å². The number of carbonyl (C=O) groups is 1. The highest BCUT2D eigenvalue weighted by Crippen LogP contribution is 2.32. The van der Waals surface area contributed by atoms with Gasteiger partial charge in [0, 0.05) is 31.6 Å². The number of nitrogens with one attached hydrogen (secondary N) is 2. The predicted octanol–water partition coefficient (Wildman–Crippen LogP) is 2.48. The average Bonchev–Trinajstić information content (AvgIpc) is 2.46. The molecule has 4 nitrogen and oxygen atoms in total. The number of thioether (sulfide) groups is 1. The van der Waals surface area contributed by atoms with Gasteiger partial charge in [-0.2, -0.15) is 11.8 Å². The number of aryl methyl sites for hydroxylation is 1. The molecule has 0 unspecified atom stereocenters. The zero-order valence-corrected chi connectivity index (χ0v) is 12.9. The minimum absolute atomic E-state index is 0.173. The van der Waals surface area contributed by atoms with E-state index in [1.807, 2.05) is 11.8 Å². The Hall–Kier alpha value is -1.01. The van der Waals surface area contributed by atoms with E-state index < -0.39 is 0 Å². The van der Waals surface area contributed by atoms with Gasteiger partial charge in [-0.3, -0.25) is 4.72 Å². The molecule has 0 spiro atoms. The number of carbonyl (C=O) groups excluding carboxylic acids is 1. The van der Waals surface area contributed by atoms with Crippen LogP contribution < -0.4 is 14.9 Å². The molecular weight excluding hydrogens is 278 g/mol. The zero-order valence-electron chi connectivity index (χ0n) is 11.2. The molecule has 2 rings (SSSR count). The Kier molecular flexibility index (Phi) is 5.27. The zero-order chi connectivity index (χ0) is 13.7. The van der Waals surface area contributed by atoms with Crippen molar-refractivity contribution in [2.24, 2.45) is 0 Å². The number of benzene rings is 1. The third-order valence-electron chi connectivity index (χ3n) is 3.02. The highest BCUT2D eigenvalue weighted by molar-refractivity contribution is 7.99. The van der Waals surface area contributed by atoms with Crippen molar-refractivity contribution >= 4 is 35.4 Å². The SMILES string of the molecule is CNC(=O)NSc1c(C)cccc1N1CCSCC1. The number of hydrogen-bond acceptors (Lipinski definition) is 4. The van der Waals surface area contributed by atoms with Crippen molar-refractivity contribution in [3.63, 3.8) is 0 Å². The first-order valence-electron chi connectivity index (χ1n) is 6.29. The van der Waals surface area contributed by atoms with E-state index in [9.17, 15) is 4.79 Å². The van der Waals surface area contributed by atoms with Crippen LogP contribution in [0.3, 0.4) is 0 Å². The van der Waals surface area contributed by atoms with Gasteiger partial charge in [0.1, 0.15) is 0 Å². The monoisotopic (exact) mass is 297 g/mol. The van der Waals surface area contributed by atoms with Gasteiger partial charge in [-0.25, -0.2) is 4.79 Å². The van der Waals surface area contributed by atoms with Crippen LogP contribution >= 0.6 is 23.7 Å². The van der Waals surface area contributed by atoms with Crippen LogP contribution in [0.1, 0.15) is 5.56 Å². The highest BCUT2D eigenvalue weighted by Gasteiger charge is 2.16. The molecule has 1 aliphatic heterocycles. The fraction of sp³-hybridized carbons (Fsp3) is 0.462. The Morgan fingerprint density at radius 1 is 1.37 bits per heavy atom. The Labute approximate surface area is 122 Å². The topological polar surface area (TPSA) is 44.4 Å². The van der Waals surface area contributed by atoms with Crippen LogP contribution in [0, 0.1) is 6.92 Å². The van der Waals surface area contributed by atoms with Gasteiger partial charge in [-0.15, -0.1) is 0 Å². The summed E-state index contributed by atoms with van der Waals surface area (Å²) in [6.45, 7) is 4.22. The molecule has 1 fully saturated rings. The van der Waals surface area contributed by atoms with Crippen molar-refractivity contribution in [1.29, 1.82) is 0 Å².